The summed E-state index contributed by atoms with van der Waals surface area (Å²) in [5.74, 6) is 1.19. The molecule has 126 valence electrons. The van der Waals surface area contributed by atoms with Crippen LogP contribution in [0.5, 0.6) is 0 Å². The van der Waals surface area contributed by atoms with Gasteiger partial charge in [0.2, 0.25) is 0 Å². The van der Waals surface area contributed by atoms with Crippen LogP contribution in [-0.2, 0) is 6.54 Å². The van der Waals surface area contributed by atoms with E-state index in [1.54, 1.807) is 22.7 Å². The number of likely N-dealkylation sites (tertiary alicyclic amines) is 1. The zero-order valence-corrected chi connectivity index (χ0v) is 15.6. The van der Waals surface area contributed by atoms with E-state index in [2.05, 4.69) is 27.9 Å². The van der Waals surface area contributed by atoms with Crippen molar-refractivity contribution in [3.63, 3.8) is 0 Å². The van der Waals surface area contributed by atoms with E-state index >= 15 is 0 Å². The van der Waals surface area contributed by atoms with Gasteiger partial charge in [-0.25, -0.2) is 15.0 Å². The summed E-state index contributed by atoms with van der Waals surface area (Å²) in [7, 11) is 0. The van der Waals surface area contributed by atoms with Crippen molar-refractivity contribution in [2.45, 2.75) is 45.7 Å². The van der Waals surface area contributed by atoms with E-state index in [0.717, 1.165) is 27.5 Å². The Hall–Kier alpha value is -1.57. The summed E-state index contributed by atoms with van der Waals surface area (Å²) < 4.78 is 0. The fourth-order valence-electron chi connectivity index (χ4n) is 3.22. The number of aryl methyl sites for hydroxylation is 1. The maximum absolute atomic E-state index is 6.19. The highest BCUT2D eigenvalue weighted by molar-refractivity contribution is 7.18. The van der Waals surface area contributed by atoms with Gasteiger partial charge >= 0.3 is 0 Å². The van der Waals surface area contributed by atoms with E-state index < -0.39 is 0 Å². The number of piperidine rings is 1. The Morgan fingerprint density at radius 2 is 2.17 bits per heavy atom. The number of anilines is 1. The van der Waals surface area contributed by atoms with Crippen LogP contribution in [0.25, 0.3) is 21.0 Å². The largest absolute Gasteiger partial charge is 0.383 e. The number of nitrogens with zero attached hydrogens (tertiary/aromatic N) is 4. The Morgan fingerprint density at radius 3 is 2.92 bits per heavy atom. The molecule has 0 radical (unpaired) electrons. The van der Waals surface area contributed by atoms with Crippen molar-refractivity contribution in [3.8, 4) is 10.8 Å². The lowest BCUT2D eigenvalue weighted by Gasteiger charge is -2.32. The molecule has 1 aliphatic heterocycles. The molecule has 0 saturated carbocycles. The van der Waals surface area contributed by atoms with Crippen LogP contribution in [0.4, 0.5) is 5.82 Å². The molecule has 7 heteroatoms. The third kappa shape index (κ3) is 3.03. The van der Waals surface area contributed by atoms with Gasteiger partial charge in [0, 0.05) is 28.5 Å². The van der Waals surface area contributed by atoms with Gasteiger partial charge in [0.1, 0.15) is 10.6 Å². The number of fused-ring (bicyclic) bond motifs is 1. The first-order chi connectivity index (χ1) is 11.6. The Morgan fingerprint density at radius 1 is 1.29 bits per heavy atom. The lowest BCUT2D eigenvalue weighted by atomic mass is 10.0. The lowest BCUT2D eigenvalue weighted by molar-refractivity contribution is 0.154. The Bertz CT molecular complexity index is 869. The maximum Gasteiger partial charge on any atom is 0.192 e. The highest BCUT2D eigenvalue weighted by atomic mass is 32.1. The maximum atomic E-state index is 6.19. The molecule has 0 amide bonds. The summed E-state index contributed by atoms with van der Waals surface area (Å²) in [4.78, 5) is 18.5. The van der Waals surface area contributed by atoms with Crippen LogP contribution in [0.15, 0.2) is 11.4 Å². The molecule has 0 unspecified atom stereocenters. The van der Waals surface area contributed by atoms with Crippen LogP contribution in [0.3, 0.4) is 0 Å². The second-order valence-electron chi connectivity index (χ2n) is 6.47. The summed E-state index contributed by atoms with van der Waals surface area (Å²) in [6, 6.07) is 2.81. The minimum absolute atomic E-state index is 0.553. The van der Waals surface area contributed by atoms with Gasteiger partial charge in [0.15, 0.2) is 10.8 Å². The second kappa shape index (κ2) is 6.38. The Labute approximate surface area is 149 Å². The molecular weight excluding hydrogens is 338 g/mol. The van der Waals surface area contributed by atoms with Gasteiger partial charge in [-0.15, -0.1) is 22.7 Å². The van der Waals surface area contributed by atoms with Gasteiger partial charge in [-0.05, 0) is 39.3 Å². The van der Waals surface area contributed by atoms with Gasteiger partial charge in [-0.1, -0.05) is 6.42 Å². The smallest absolute Gasteiger partial charge is 0.192 e. The summed E-state index contributed by atoms with van der Waals surface area (Å²) in [6.07, 6.45) is 3.93. The molecule has 1 saturated heterocycles. The predicted molar refractivity (Wildman–Crippen MR) is 101 cm³/mol. The van der Waals surface area contributed by atoms with Crippen molar-refractivity contribution in [3.05, 3.63) is 22.0 Å². The molecule has 2 N–H and O–H groups in total. The summed E-state index contributed by atoms with van der Waals surface area (Å²) in [5, 5.41) is 3.81. The van der Waals surface area contributed by atoms with Gasteiger partial charge in [-0.3, -0.25) is 4.90 Å². The number of thiazole rings is 1. The molecule has 0 aromatic carbocycles. The molecule has 1 atom stereocenters. The van der Waals surface area contributed by atoms with E-state index in [9.17, 15) is 0 Å². The van der Waals surface area contributed by atoms with Crippen molar-refractivity contribution in [2.75, 3.05) is 12.3 Å². The summed E-state index contributed by atoms with van der Waals surface area (Å²) in [5.41, 5.74) is 7.18. The molecule has 0 aliphatic carbocycles. The first-order valence-corrected chi connectivity index (χ1v) is 10.0. The third-order valence-corrected chi connectivity index (χ3v) is 6.55. The third-order valence-electron chi connectivity index (χ3n) is 4.58. The van der Waals surface area contributed by atoms with Crippen LogP contribution >= 0.6 is 22.7 Å². The highest BCUT2D eigenvalue weighted by Gasteiger charge is 2.20. The van der Waals surface area contributed by atoms with E-state index in [1.165, 1.54) is 30.7 Å². The number of nitrogens with two attached hydrogens (primary N) is 1. The molecular formula is C17H21N5S2. The number of thiophene rings is 1. The zero-order valence-electron chi connectivity index (χ0n) is 14.0. The van der Waals surface area contributed by atoms with Gasteiger partial charge in [0.05, 0.1) is 5.39 Å². The minimum Gasteiger partial charge on any atom is -0.383 e. The van der Waals surface area contributed by atoms with E-state index in [-0.39, 0.29) is 0 Å². The Kier molecular flexibility index (Phi) is 4.24. The second-order valence-corrected chi connectivity index (χ2v) is 8.45. The number of hydrogen-bond acceptors (Lipinski definition) is 7. The molecule has 3 aromatic rings. The number of hydrogen-bond donors (Lipinski definition) is 1. The zero-order chi connectivity index (χ0) is 16.7. The average Bonchev–Trinajstić information content (AvgIpc) is 3.16. The quantitative estimate of drug-likeness (QED) is 0.763. The average molecular weight is 360 g/mol. The summed E-state index contributed by atoms with van der Waals surface area (Å²) in [6.45, 7) is 6.46. The molecule has 3 aromatic heterocycles. The SMILES string of the molecule is Cc1csc(-c2nc(N)c3cc(CN4CCCC[C@@H]4C)sc3n2)n1. The van der Waals surface area contributed by atoms with Crippen LogP contribution in [0.2, 0.25) is 0 Å². The van der Waals surface area contributed by atoms with E-state index in [0.29, 0.717) is 17.7 Å². The van der Waals surface area contributed by atoms with Crippen molar-refractivity contribution < 1.29 is 0 Å². The fraction of sp³-hybridized carbons (Fsp3) is 0.471. The minimum atomic E-state index is 0.553. The van der Waals surface area contributed by atoms with Crippen LogP contribution in [-0.4, -0.2) is 32.4 Å². The molecule has 0 bridgehead atoms. The van der Waals surface area contributed by atoms with Crippen molar-refractivity contribution in [1.29, 1.82) is 0 Å². The van der Waals surface area contributed by atoms with E-state index in [4.69, 9.17) is 10.7 Å². The molecule has 0 spiro atoms. The first kappa shape index (κ1) is 15.9. The number of nitrogen functional groups attached to an aromatic ring is 1. The molecule has 4 rings (SSSR count). The lowest BCUT2D eigenvalue weighted by Crippen LogP contribution is -2.36. The molecule has 5 nitrogen and oxygen atoms in total. The normalized spacial score (nSPS) is 19.2. The van der Waals surface area contributed by atoms with Crippen LogP contribution in [0, 0.1) is 6.92 Å². The monoisotopic (exact) mass is 359 g/mol. The predicted octanol–water partition coefficient (Wildman–Crippen LogP) is 4.08. The molecule has 24 heavy (non-hydrogen) atoms. The summed E-state index contributed by atoms with van der Waals surface area (Å²) >= 11 is 3.29. The van der Waals surface area contributed by atoms with Crippen molar-refractivity contribution >= 4 is 38.7 Å². The molecule has 4 heterocycles. The fourth-order valence-corrected chi connectivity index (χ4v) is 5.01. The van der Waals surface area contributed by atoms with Crippen molar-refractivity contribution in [1.82, 2.24) is 19.9 Å². The topological polar surface area (TPSA) is 67.9 Å². The van der Waals surface area contributed by atoms with Gasteiger partial charge in [0.25, 0.3) is 0 Å². The van der Waals surface area contributed by atoms with Gasteiger partial charge < -0.3 is 5.73 Å². The molecule has 1 aliphatic rings. The number of rotatable bonds is 3. The van der Waals surface area contributed by atoms with Crippen LogP contribution < -0.4 is 5.73 Å². The Balaban J connectivity index is 1.66. The highest BCUT2D eigenvalue weighted by Crippen LogP contribution is 2.32. The molecule has 1 fully saturated rings. The van der Waals surface area contributed by atoms with Crippen molar-refractivity contribution in [2.24, 2.45) is 0 Å². The van der Waals surface area contributed by atoms with Gasteiger partial charge in [-0.2, -0.15) is 0 Å². The number of aromatic nitrogens is 3. The van der Waals surface area contributed by atoms with Crippen LogP contribution in [0.1, 0.15) is 36.8 Å². The standard InChI is InChI=1S/C17H21N5S2/c1-10-9-23-17(19-10)15-20-14(18)13-7-12(24-16(13)21-15)8-22-6-4-3-5-11(22)2/h7,9,11H,3-6,8H2,1-2H3,(H2,18,20,21)/t11-/m0/s1. The first-order valence-electron chi connectivity index (χ1n) is 8.32. The van der Waals surface area contributed by atoms with E-state index in [1.807, 2.05) is 12.3 Å².